The van der Waals surface area contributed by atoms with Gasteiger partial charge in [-0.3, -0.25) is 4.79 Å². The number of thiazole rings is 1. The smallest absolute Gasteiger partial charge is 0.250 e. The molecule has 0 saturated heterocycles. The molecule has 0 fully saturated rings. The van der Waals surface area contributed by atoms with Crippen molar-refractivity contribution >= 4 is 56.2 Å². The van der Waals surface area contributed by atoms with E-state index in [9.17, 15) is 4.79 Å². The van der Waals surface area contributed by atoms with Crippen molar-refractivity contribution in [1.29, 1.82) is 0 Å². The van der Waals surface area contributed by atoms with Crippen LogP contribution < -0.4 is 5.43 Å². The highest BCUT2D eigenvalue weighted by Gasteiger charge is 2.07. The van der Waals surface area contributed by atoms with E-state index < -0.39 is 0 Å². The zero-order chi connectivity index (χ0) is 17.8. The number of nitrogens with zero attached hydrogens (tertiary/aromatic N) is 2. The van der Waals surface area contributed by atoms with Gasteiger partial charge in [0.15, 0.2) is 4.34 Å². The predicted molar refractivity (Wildman–Crippen MR) is 110 cm³/mol. The number of hydrogen-bond acceptors (Lipinski definition) is 5. The van der Waals surface area contributed by atoms with Crippen molar-refractivity contribution in [2.75, 3.05) is 5.75 Å². The fourth-order valence-electron chi connectivity index (χ4n) is 2.61. The Labute approximate surface area is 159 Å². The summed E-state index contributed by atoms with van der Waals surface area (Å²) in [6.45, 7) is 0. The highest BCUT2D eigenvalue weighted by atomic mass is 32.2. The molecule has 1 heterocycles. The Morgan fingerprint density at radius 3 is 2.81 bits per heavy atom. The molecule has 0 bridgehead atoms. The van der Waals surface area contributed by atoms with E-state index in [0.717, 1.165) is 30.9 Å². The third-order valence-corrected chi connectivity index (χ3v) is 6.00. The number of carbonyl (C=O) groups is 1. The summed E-state index contributed by atoms with van der Waals surface area (Å²) in [5.74, 6) is 0.137. The molecule has 0 radical (unpaired) electrons. The van der Waals surface area contributed by atoms with Gasteiger partial charge >= 0.3 is 0 Å². The third-order valence-electron chi connectivity index (χ3n) is 3.82. The number of amides is 1. The van der Waals surface area contributed by atoms with Gasteiger partial charge < -0.3 is 0 Å². The molecule has 1 N–H and O–H groups in total. The lowest BCUT2D eigenvalue weighted by molar-refractivity contribution is -0.118. The fraction of sp³-hybridized carbons (Fsp3) is 0.0500. The van der Waals surface area contributed by atoms with Crippen LogP contribution in [0.25, 0.3) is 21.0 Å². The number of nitrogens with one attached hydrogen (secondary N) is 1. The highest BCUT2D eigenvalue weighted by molar-refractivity contribution is 8.01. The second-order valence-corrected chi connectivity index (χ2v) is 7.85. The van der Waals surface area contributed by atoms with Crippen molar-refractivity contribution in [2.45, 2.75) is 4.34 Å². The summed E-state index contributed by atoms with van der Waals surface area (Å²) in [6, 6.07) is 22.1. The van der Waals surface area contributed by atoms with E-state index in [1.807, 2.05) is 54.6 Å². The summed E-state index contributed by atoms with van der Waals surface area (Å²) in [6.07, 6.45) is 1.68. The molecule has 3 aromatic carbocycles. The first-order valence-electron chi connectivity index (χ1n) is 8.08. The number of para-hydroxylation sites is 1. The predicted octanol–water partition coefficient (Wildman–Crippen LogP) is 4.69. The van der Waals surface area contributed by atoms with E-state index in [2.05, 4.69) is 27.6 Å². The zero-order valence-corrected chi connectivity index (χ0v) is 15.4. The Morgan fingerprint density at radius 2 is 1.88 bits per heavy atom. The molecule has 4 rings (SSSR count). The van der Waals surface area contributed by atoms with Gasteiger partial charge in [0.25, 0.3) is 5.91 Å². The third kappa shape index (κ3) is 3.76. The number of hydrogen-bond donors (Lipinski definition) is 1. The van der Waals surface area contributed by atoms with Gasteiger partial charge in [0.2, 0.25) is 0 Å². The van der Waals surface area contributed by atoms with Crippen molar-refractivity contribution in [3.8, 4) is 0 Å². The number of carbonyl (C=O) groups excluding carboxylic acids is 1. The number of fused-ring (bicyclic) bond motifs is 2. The molecule has 0 aliphatic rings. The minimum Gasteiger partial charge on any atom is -0.272 e. The summed E-state index contributed by atoms with van der Waals surface area (Å²) in [4.78, 5) is 16.5. The molecule has 4 nitrogen and oxygen atoms in total. The maximum absolute atomic E-state index is 12.0. The summed E-state index contributed by atoms with van der Waals surface area (Å²) in [5, 5.41) is 6.35. The van der Waals surface area contributed by atoms with Crippen molar-refractivity contribution in [3.63, 3.8) is 0 Å². The molecular formula is C20H15N3OS2. The first-order chi connectivity index (χ1) is 12.8. The van der Waals surface area contributed by atoms with E-state index in [4.69, 9.17) is 0 Å². The largest absolute Gasteiger partial charge is 0.272 e. The van der Waals surface area contributed by atoms with Crippen LogP contribution in [0.1, 0.15) is 5.56 Å². The molecule has 6 heteroatoms. The fourth-order valence-corrected chi connectivity index (χ4v) is 4.47. The van der Waals surface area contributed by atoms with E-state index >= 15 is 0 Å². The molecule has 128 valence electrons. The first kappa shape index (κ1) is 16.8. The SMILES string of the molecule is O=C(CSc1nc2ccccc2s1)NN=Cc1cccc2ccccc12. The van der Waals surface area contributed by atoms with E-state index in [-0.39, 0.29) is 11.7 Å². The summed E-state index contributed by atoms with van der Waals surface area (Å²) in [7, 11) is 0. The lowest BCUT2D eigenvalue weighted by Gasteiger charge is -2.01. The van der Waals surface area contributed by atoms with Crippen LogP contribution in [-0.4, -0.2) is 22.9 Å². The first-order valence-corrected chi connectivity index (χ1v) is 9.88. The normalized spacial score (nSPS) is 11.4. The Morgan fingerprint density at radius 1 is 1.08 bits per heavy atom. The number of aromatic nitrogens is 1. The lowest BCUT2D eigenvalue weighted by atomic mass is 10.1. The highest BCUT2D eigenvalue weighted by Crippen LogP contribution is 2.29. The molecule has 1 aromatic heterocycles. The van der Waals surface area contributed by atoms with Crippen LogP contribution in [-0.2, 0) is 4.79 Å². The molecule has 0 atom stereocenters. The van der Waals surface area contributed by atoms with Crippen LogP contribution in [0.4, 0.5) is 0 Å². The van der Waals surface area contributed by atoms with E-state index in [0.29, 0.717) is 0 Å². The Balaban J connectivity index is 1.36. The standard InChI is InChI=1S/C20H15N3OS2/c24-19(13-25-20-22-17-10-3-4-11-18(17)26-20)23-21-12-15-8-5-7-14-6-1-2-9-16(14)15/h1-12H,13H2,(H,23,24). The second kappa shape index (κ2) is 7.68. The lowest BCUT2D eigenvalue weighted by Crippen LogP contribution is -2.19. The van der Waals surface area contributed by atoms with Gasteiger partial charge in [0.05, 0.1) is 22.2 Å². The van der Waals surface area contributed by atoms with Crippen molar-refractivity contribution in [3.05, 3.63) is 72.3 Å². The van der Waals surface area contributed by atoms with Crippen molar-refractivity contribution in [2.24, 2.45) is 5.10 Å². The molecular weight excluding hydrogens is 362 g/mol. The molecule has 26 heavy (non-hydrogen) atoms. The monoisotopic (exact) mass is 377 g/mol. The Bertz CT molecular complexity index is 1070. The Kier molecular flexibility index (Phi) is 4.95. The van der Waals surface area contributed by atoms with Gasteiger partial charge in [-0.2, -0.15) is 5.10 Å². The average molecular weight is 377 g/mol. The minimum absolute atomic E-state index is 0.147. The van der Waals surface area contributed by atoms with E-state index in [1.54, 1.807) is 17.6 Å². The maximum atomic E-state index is 12.0. The summed E-state index contributed by atoms with van der Waals surface area (Å²) >= 11 is 3.02. The van der Waals surface area contributed by atoms with Gasteiger partial charge in [-0.15, -0.1) is 11.3 Å². The van der Waals surface area contributed by atoms with Crippen LogP contribution in [0.3, 0.4) is 0 Å². The average Bonchev–Trinajstić information content (AvgIpc) is 3.10. The van der Waals surface area contributed by atoms with Gasteiger partial charge in [0.1, 0.15) is 0 Å². The van der Waals surface area contributed by atoms with Crippen LogP contribution in [0.15, 0.2) is 76.2 Å². The van der Waals surface area contributed by atoms with Gasteiger partial charge in [-0.25, -0.2) is 10.4 Å². The van der Waals surface area contributed by atoms with Crippen LogP contribution in [0.2, 0.25) is 0 Å². The van der Waals surface area contributed by atoms with Crippen LogP contribution >= 0.6 is 23.1 Å². The van der Waals surface area contributed by atoms with Crippen LogP contribution in [0.5, 0.6) is 0 Å². The number of benzene rings is 3. The minimum atomic E-state index is -0.147. The van der Waals surface area contributed by atoms with Crippen molar-refractivity contribution in [1.82, 2.24) is 10.4 Å². The Hall–Kier alpha value is -2.70. The molecule has 1 amide bonds. The number of hydrazone groups is 1. The topological polar surface area (TPSA) is 54.4 Å². The van der Waals surface area contributed by atoms with Gasteiger partial charge in [-0.1, -0.05) is 66.4 Å². The molecule has 4 aromatic rings. The van der Waals surface area contributed by atoms with E-state index in [1.165, 1.54) is 11.8 Å². The summed E-state index contributed by atoms with van der Waals surface area (Å²) in [5.41, 5.74) is 4.53. The molecule has 0 spiro atoms. The number of rotatable bonds is 5. The zero-order valence-electron chi connectivity index (χ0n) is 13.8. The molecule has 0 saturated carbocycles. The quantitative estimate of drug-likeness (QED) is 0.312. The maximum Gasteiger partial charge on any atom is 0.250 e. The number of thioether (sulfide) groups is 1. The molecule has 0 unspecified atom stereocenters. The van der Waals surface area contributed by atoms with Gasteiger partial charge in [-0.05, 0) is 22.9 Å². The molecule has 0 aliphatic carbocycles. The van der Waals surface area contributed by atoms with Gasteiger partial charge in [0, 0.05) is 5.56 Å². The molecule has 0 aliphatic heterocycles. The van der Waals surface area contributed by atoms with Crippen LogP contribution in [0, 0.1) is 0 Å². The van der Waals surface area contributed by atoms with Crippen molar-refractivity contribution < 1.29 is 4.79 Å². The second-order valence-electron chi connectivity index (χ2n) is 5.60. The summed E-state index contributed by atoms with van der Waals surface area (Å²) < 4.78 is 2.02.